The van der Waals surface area contributed by atoms with E-state index in [1.165, 1.54) is 23.9 Å². The maximum atomic E-state index is 13.2. The van der Waals surface area contributed by atoms with Crippen molar-refractivity contribution in [1.82, 2.24) is 14.9 Å². The predicted octanol–water partition coefficient (Wildman–Crippen LogP) is 4.65. The monoisotopic (exact) mass is 467 g/mol. The van der Waals surface area contributed by atoms with Crippen LogP contribution in [0.2, 0.25) is 5.02 Å². The van der Waals surface area contributed by atoms with Crippen molar-refractivity contribution >= 4 is 40.2 Å². The Morgan fingerprint density at radius 3 is 2.59 bits per heavy atom. The van der Waals surface area contributed by atoms with Crippen LogP contribution in [0.5, 0.6) is 0 Å². The fraction of sp³-hybridized carbons (Fsp3) is 0.125. The Bertz CT molecular complexity index is 1330. The highest BCUT2D eigenvalue weighted by Gasteiger charge is 2.14. The Kier molecular flexibility index (Phi) is 6.87. The zero-order valence-electron chi connectivity index (χ0n) is 16.9. The molecule has 0 spiro atoms. The van der Waals surface area contributed by atoms with Crippen LogP contribution < -0.4 is 10.9 Å². The number of fused-ring (bicyclic) bond motifs is 1. The molecule has 0 atom stereocenters. The molecule has 5 nitrogen and oxygen atoms in total. The Hall–Kier alpha value is -3.16. The van der Waals surface area contributed by atoms with Gasteiger partial charge < -0.3 is 5.32 Å². The molecule has 0 fully saturated rings. The van der Waals surface area contributed by atoms with Crippen LogP contribution in [0, 0.1) is 5.82 Å². The molecule has 162 valence electrons. The molecule has 1 N–H and O–H groups in total. The van der Waals surface area contributed by atoms with Gasteiger partial charge in [-0.2, -0.15) is 0 Å². The number of hydrogen-bond donors (Lipinski definition) is 1. The molecule has 0 unspecified atom stereocenters. The van der Waals surface area contributed by atoms with E-state index in [-0.39, 0.29) is 29.6 Å². The normalized spacial score (nSPS) is 10.9. The first kappa shape index (κ1) is 22.0. The summed E-state index contributed by atoms with van der Waals surface area (Å²) in [5.74, 6) is -0.451. The van der Waals surface area contributed by atoms with Crippen molar-refractivity contribution in [2.24, 2.45) is 0 Å². The quantitative estimate of drug-likeness (QED) is 0.317. The van der Waals surface area contributed by atoms with Crippen molar-refractivity contribution < 1.29 is 9.18 Å². The van der Waals surface area contributed by atoms with Crippen LogP contribution in [0.4, 0.5) is 4.39 Å². The highest BCUT2D eigenvalue weighted by atomic mass is 35.5. The first-order valence-electron chi connectivity index (χ1n) is 9.87. The van der Waals surface area contributed by atoms with Crippen molar-refractivity contribution in [1.29, 1.82) is 0 Å². The van der Waals surface area contributed by atoms with E-state index >= 15 is 0 Å². The number of nitrogens with zero attached hydrogens (tertiary/aromatic N) is 2. The Morgan fingerprint density at radius 2 is 1.81 bits per heavy atom. The molecule has 0 aliphatic rings. The van der Waals surface area contributed by atoms with Gasteiger partial charge >= 0.3 is 0 Å². The summed E-state index contributed by atoms with van der Waals surface area (Å²) >= 11 is 7.29. The summed E-state index contributed by atoms with van der Waals surface area (Å²) in [4.78, 5) is 30.2. The van der Waals surface area contributed by atoms with Gasteiger partial charge in [0.2, 0.25) is 5.91 Å². The number of carbonyl (C=O) groups is 1. The highest BCUT2D eigenvalue weighted by molar-refractivity contribution is 7.99. The lowest BCUT2D eigenvalue weighted by molar-refractivity contribution is -0.118. The summed E-state index contributed by atoms with van der Waals surface area (Å²) in [6, 6.07) is 20.4. The summed E-state index contributed by atoms with van der Waals surface area (Å²) in [6.45, 7) is 0.580. The minimum Gasteiger partial charge on any atom is -0.351 e. The highest BCUT2D eigenvalue weighted by Crippen LogP contribution is 2.20. The van der Waals surface area contributed by atoms with Gasteiger partial charge in [0.15, 0.2) is 5.16 Å². The number of halogens is 2. The minimum atomic E-state index is -0.323. The number of rotatable bonds is 7. The Labute approximate surface area is 193 Å². The maximum Gasteiger partial charge on any atom is 0.262 e. The van der Waals surface area contributed by atoms with Crippen LogP contribution in [-0.2, 0) is 17.9 Å². The number of amides is 1. The molecule has 1 heterocycles. The van der Waals surface area contributed by atoms with Crippen LogP contribution in [0.25, 0.3) is 10.9 Å². The third-order valence-electron chi connectivity index (χ3n) is 4.79. The molecule has 4 rings (SSSR count). The van der Waals surface area contributed by atoms with E-state index in [4.69, 9.17) is 11.6 Å². The molecule has 1 aromatic heterocycles. The van der Waals surface area contributed by atoms with Gasteiger partial charge in [0.1, 0.15) is 5.82 Å². The van der Waals surface area contributed by atoms with Crippen LogP contribution in [0.3, 0.4) is 0 Å². The van der Waals surface area contributed by atoms with Crippen LogP contribution >= 0.6 is 23.4 Å². The second-order valence-corrected chi connectivity index (χ2v) is 8.50. The molecule has 0 saturated carbocycles. The number of thioether (sulfide) groups is 1. The third kappa shape index (κ3) is 5.36. The van der Waals surface area contributed by atoms with Gasteiger partial charge in [0, 0.05) is 11.6 Å². The van der Waals surface area contributed by atoms with Gasteiger partial charge in [-0.05, 0) is 47.5 Å². The smallest absolute Gasteiger partial charge is 0.262 e. The first-order chi connectivity index (χ1) is 15.5. The molecule has 0 radical (unpaired) electrons. The van der Waals surface area contributed by atoms with Crippen LogP contribution in [0.15, 0.2) is 82.7 Å². The van der Waals surface area contributed by atoms with Crippen molar-refractivity contribution in [3.05, 3.63) is 105 Å². The summed E-state index contributed by atoms with van der Waals surface area (Å²) in [5.41, 5.74) is 2.06. The molecular formula is C24H19ClFN3O2S. The summed E-state index contributed by atoms with van der Waals surface area (Å²) in [7, 11) is 0. The zero-order valence-corrected chi connectivity index (χ0v) is 18.5. The first-order valence-corrected chi connectivity index (χ1v) is 11.2. The zero-order chi connectivity index (χ0) is 22.5. The van der Waals surface area contributed by atoms with Crippen LogP contribution in [0.1, 0.15) is 11.1 Å². The molecule has 1 amide bonds. The van der Waals surface area contributed by atoms with E-state index in [9.17, 15) is 14.0 Å². The van der Waals surface area contributed by atoms with Gasteiger partial charge in [-0.1, -0.05) is 59.8 Å². The predicted molar refractivity (Wildman–Crippen MR) is 126 cm³/mol. The number of carbonyl (C=O) groups excluding carboxylic acids is 1. The Morgan fingerprint density at radius 1 is 1.03 bits per heavy atom. The van der Waals surface area contributed by atoms with E-state index in [1.807, 2.05) is 18.2 Å². The molecule has 3 aromatic carbocycles. The molecule has 0 aliphatic heterocycles. The second-order valence-electron chi connectivity index (χ2n) is 7.12. The van der Waals surface area contributed by atoms with Crippen molar-refractivity contribution in [3.8, 4) is 0 Å². The summed E-state index contributed by atoms with van der Waals surface area (Å²) in [6.07, 6.45) is 0. The van der Waals surface area contributed by atoms with Crippen molar-refractivity contribution in [2.45, 2.75) is 18.2 Å². The maximum absolute atomic E-state index is 13.2. The SMILES string of the molecule is O=C(CSc1nc2ccccc2c(=O)n1Cc1cccc(Cl)c1)NCc1ccc(F)cc1. The average molecular weight is 468 g/mol. The van der Waals surface area contributed by atoms with Gasteiger partial charge in [-0.3, -0.25) is 14.2 Å². The topological polar surface area (TPSA) is 64.0 Å². The Balaban J connectivity index is 1.54. The van der Waals surface area contributed by atoms with Gasteiger partial charge in [-0.15, -0.1) is 0 Å². The van der Waals surface area contributed by atoms with E-state index in [2.05, 4.69) is 10.3 Å². The molecule has 32 heavy (non-hydrogen) atoms. The van der Waals surface area contributed by atoms with Gasteiger partial charge in [-0.25, -0.2) is 9.37 Å². The molecule has 8 heteroatoms. The molecule has 4 aromatic rings. The lowest BCUT2D eigenvalue weighted by Crippen LogP contribution is -2.27. The fourth-order valence-corrected chi connectivity index (χ4v) is 4.24. The minimum absolute atomic E-state index is 0.0848. The van der Waals surface area contributed by atoms with Gasteiger partial charge in [0.05, 0.1) is 23.2 Å². The van der Waals surface area contributed by atoms with E-state index in [0.717, 1.165) is 11.1 Å². The summed E-state index contributed by atoms with van der Waals surface area (Å²) < 4.78 is 14.6. The van der Waals surface area contributed by atoms with Crippen molar-refractivity contribution in [3.63, 3.8) is 0 Å². The van der Waals surface area contributed by atoms with E-state index < -0.39 is 0 Å². The number of benzene rings is 3. The standard InChI is InChI=1S/C24H19ClFN3O2S/c25-18-5-3-4-17(12-18)14-29-23(31)20-6-1-2-7-21(20)28-24(29)32-15-22(30)27-13-16-8-10-19(26)11-9-16/h1-12H,13-15H2,(H,27,30). The number of nitrogens with one attached hydrogen (secondary N) is 1. The van der Waals surface area contributed by atoms with Crippen LogP contribution in [-0.4, -0.2) is 21.2 Å². The number of para-hydroxylation sites is 1. The van der Waals surface area contributed by atoms with Crippen molar-refractivity contribution in [2.75, 3.05) is 5.75 Å². The molecule has 0 bridgehead atoms. The second kappa shape index (κ2) is 9.97. The lowest BCUT2D eigenvalue weighted by atomic mass is 10.2. The lowest BCUT2D eigenvalue weighted by Gasteiger charge is -2.13. The third-order valence-corrected chi connectivity index (χ3v) is 6.00. The van der Waals surface area contributed by atoms with E-state index in [1.54, 1.807) is 47.0 Å². The average Bonchev–Trinajstić information content (AvgIpc) is 2.79. The molecule has 0 saturated heterocycles. The fourth-order valence-electron chi connectivity index (χ4n) is 3.20. The van der Waals surface area contributed by atoms with Gasteiger partial charge in [0.25, 0.3) is 5.56 Å². The number of aromatic nitrogens is 2. The summed E-state index contributed by atoms with van der Waals surface area (Å²) in [5, 5.41) is 4.35. The molecule has 0 aliphatic carbocycles. The largest absolute Gasteiger partial charge is 0.351 e. The van der Waals surface area contributed by atoms with E-state index in [0.29, 0.717) is 27.6 Å². The molecular weight excluding hydrogens is 449 g/mol. The number of hydrogen-bond acceptors (Lipinski definition) is 4.